The Hall–Kier alpha value is -1.99. The smallest absolute Gasteiger partial charge is 0.296 e. The van der Waals surface area contributed by atoms with E-state index in [2.05, 4.69) is 10.3 Å². The van der Waals surface area contributed by atoms with Gasteiger partial charge in [0, 0.05) is 11.1 Å². The Bertz CT molecular complexity index is 633. The second-order valence-electron chi connectivity index (χ2n) is 4.50. The number of halogens is 1. The third-order valence-corrected chi connectivity index (χ3v) is 2.74. The van der Waals surface area contributed by atoms with Gasteiger partial charge in [-0.2, -0.15) is 0 Å². The van der Waals surface area contributed by atoms with Gasteiger partial charge in [-0.1, -0.05) is 16.8 Å². The fourth-order valence-electron chi connectivity index (χ4n) is 1.50. The van der Waals surface area contributed by atoms with Gasteiger partial charge in [0.1, 0.15) is 17.0 Å². The van der Waals surface area contributed by atoms with Crippen molar-refractivity contribution in [1.82, 2.24) is 15.0 Å². The van der Waals surface area contributed by atoms with Crippen LogP contribution in [0, 0.1) is 10.1 Å². The second kappa shape index (κ2) is 4.60. The maximum atomic E-state index is 11.0. The highest BCUT2D eigenvalue weighted by molar-refractivity contribution is 6.30. The molecular weight excluding hydrogens is 272 g/mol. The number of hydrogen-bond donors (Lipinski definition) is 1. The van der Waals surface area contributed by atoms with Gasteiger partial charge >= 0.3 is 0 Å². The minimum Gasteiger partial charge on any atom is -0.384 e. The zero-order valence-electron chi connectivity index (χ0n) is 10.2. The van der Waals surface area contributed by atoms with Gasteiger partial charge in [-0.15, -0.1) is 5.10 Å². The van der Waals surface area contributed by atoms with Crippen LogP contribution in [0.2, 0.25) is 5.02 Å². The molecule has 0 aliphatic carbocycles. The molecule has 100 valence electrons. The van der Waals surface area contributed by atoms with Crippen molar-refractivity contribution < 1.29 is 10.0 Å². The molecular formula is C11H11ClN4O3. The van der Waals surface area contributed by atoms with E-state index in [1.807, 2.05) is 0 Å². The summed E-state index contributed by atoms with van der Waals surface area (Å²) in [5.74, 6) is 0. The highest BCUT2D eigenvalue weighted by Gasteiger charge is 2.23. The van der Waals surface area contributed by atoms with Crippen LogP contribution in [-0.2, 0) is 5.60 Å². The summed E-state index contributed by atoms with van der Waals surface area (Å²) in [6, 6.07) is 4.24. The van der Waals surface area contributed by atoms with Crippen molar-refractivity contribution >= 4 is 17.3 Å². The minimum atomic E-state index is -1.17. The van der Waals surface area contributed by atoms with Crippen LogP contribution in [0.3, 0.4) is 0 Å². The number of nitro groups is 1. The molecule has 0 saturated carbocycles. The Balaban J connectivity index is 2.53. The molecule has 0 aliphatic rings. The van der Waals surface area contributed by atoms with E-state index in [4.69, 9.17) is 11.6 Å². The summed E-state index contributed by atoms with van der Waals surface area (Å²) in [7, 11) is 0. The molecule has 0 amide bonds. The third kappa shape index (κ3) is 2.72. The lowest BCUT2D eigenvalue weighted by molar-refractivity contribution is -0.384. The van der Waals surface area contributed by atoms with E-state index >= 15 is 0 Å². The van der Waals surface area contributed by atoms with Crippen molar-refractivity contribution in [2.75, 3.05) is 0 Å². The van der Waals surface area contributed by atoms with Crippen molar-refractivity contribution in [3.05, 3.63) is 45.2 Å². The first kappa shape index (κ1) is 13.4. The molecule has 1 aromatic heterocycles. The maximum Gasteiger partial charge on any atom is 0.296 e. The second-order valence-corrected chi connectivity index (χ2v) is 4.93. The molecule has 19 heavy (non-hydrogen) atoms. The fraction of sp³-hybridized carbons (Fsp3) is 0.273. The molecule has 0 radical (unpaired) electrons. The lowest BCUT2D eigenvalue weighted by Gasteiger charge is -2.11. The summed E-state index contributed by atoms with van der Waals surface area (Å²) in [5.41, 5.74) is -0.798. The lowest BCUT2D eigenvalue weighted by atomic mass is 10.1. The van der Waals surface area contributed by atoms with Gasteiger partial charge in [0.25, 0.3) is 5.69 Å². The summed E-state index contributed by atoms with van der Waals surface area (Å²) >= 11 is 5.74. The van der Waals surface area contributed by atoms with Crippen LogP contribution >= 0.6 is 11.6 Å². The summed E-state index contributed by atoms with van der Waals surface area (Å²) in [6.45, 7) is 3.11. The van der Waals surface area contributed by atoms with E-state index in [0.29, 0.717) is 5.69 Å². The van der Waals surface area contributed by atoms with Crippen LogP contribution in [0.1, 0.15) is 19.5 Å². The standard InChI is InChI=1S/C11H11ClN4O3/c1-11(2,17)10-6-15(14-13-10)8-4-3-7(12)5-9(8)16(18)19/h3-6,17H,1-2H3. The van der Waals surface area contributed by atoms with Crippen LogP contribution in [-0.4, -0.2) is 25.0 Å². The lowest BCUT2D eigenvalue weighted by Crippen LogP contribution is -2.15. The highest BCUT2D eigenvalue weighted by atomic mass is 35.5. The van der Waals surface area contributed by atoms with E-state index in [-0.39, 0.29) is 16.4 Å². The zero-order valence-corrected chi connectivity index (χ0v) is 11.0. The van der Waals surface area contributed by atoms with Crippen molar-refractivity contribution in [2.45, 2.75) is 19.4 Å². The topological polar surface area (TPSA) is 94.1 Å². The maximum absolute atomic E-state index is 11.0. The number of aliphatic hydroxyl groups is 1. The molecule has 0 saturated heterocycles. The van der Waals surface area contributed by atoms with Crippen LogP contribution in [0.25, 0.3) is 5.69 Å². The van der Waals surface area contributed by atoms with E-state index in [1.54, 1.807) is 13.8 Å². The molecule has 0 aliphatic heterocycles. The number of benzene rings is 1. The van der Waals surface area contributed by atoms with Gasteiger partial charge in [-0.25, -0.2) is 4.68 Å². The minimum absolute atomic E-state index is 0.181. The fourth-order valence-corrected chi connectivity index (χ4v) is 1.66. The van der Waals surface area contributed by atoms with E-state index in [0.717, 1.165) is 0 Å². The molecule has 7 nitrogen and oxygen atoms in total. The number of nitrogens with zero attached hydrogens (tertiary/aromatic N) is 4. The average molecular weight is 283 g/mol. The Morgan fingerprint density at radius 1 is 1.47 bits per heavy atom. The number of rotatable bonds is 3. The van der Waals surface area contributed by atoms with Gasteiger partial charge in [0.05, 0.1) is 11.1 Å². The Labute approximate surface area is 113 Å². The van der Waals surface area contributed by atoms with Crippen LogP contribution < -0.4 is 0 Å². The molecule has 0 atom stereocenters. The highest BCUT2D eigenvalue weighted by Crippen LogP contribution is 2.27. The molecule has 1 N–H and O–H groups in total. The summed E-state index contributed by atoms with van der Waals surface area (Å²) in [4.78, 5) is 10.4. The van der Waals surface area contributed by atoms with Gasteiger partial charge in [0.2, 0.25) is 0 Å². The van der Waals surface area contributed by atoms with Gasteiger partial charge in [-0.3, -0.25) is 10.1 Å². The third-order valence-electron chi connectivity index (χ3n) is 2.50. The Morgan fingerprint density at radius 3 is 2.68 bits per heavy atom. The predicted molar refractivity (Wildman–Crippen MR) is 68.3 cm³/mol. The molecule has 8 heteroatoms. The Kier molecular flexibility index (Phi) is 3.25. The van der Waals surface area contributed by atoms with Crippen molar-refractivity contribution in [1.29, 1.82) is 0 Å². The number of hydrogen-bond acceptors (Lipinski definition) is 5. The van der Waals surface area contributed by atoms with Gasteiger partial charge in [-0.05, 0) is 26.0 Å². The number of nitro benzene ring substituents is 1. The molecule has 2 aromatic rings. The number of aromatic nitrogens is 3. The van der Waals surface area contributed by atoms with Crippen molar-refractivity contribution in [2.24, 2.45) is 0 Å². The van der Waals surface area contributed by atoms with Crippen LogP contribution in [0.4, 0.5) is 5.69 Å². The van der Waals surface area contributed by atoms with Crippen LogP contribution in [0.15, 0.2) is 24.4 Å². The monoisotopic (exact) mass is 282 g/mol. The van der Waals surface area contributed by atoms with E-state index in [1.165, 1.54) is 29.1 Å². The largest absolute Gasteiger partial charge is 0.384 e. The zero-order chi connectivity index (χ0) is 14.2. The molecule has 0 bridgehead atoms. The molecule has 0 fully saturated rings. The van der Waals surface area contributed by atoms with Gasteiger partial charge < -0.3 is 5.11 Å². The molecule has 2 rings (SSSR count). The Morgan fingerprint density at radius 2 is 2.16 bits per heavy atom. The normalized spacial score (nSPS) is 11.6. The molecule has 0 spiro atoms. The summed E-state index contributed by atoms with van der Waals surface area (Å²) < 4.78 is 1.24. The van der Waals surface area contributed by atoms with Crippen LogP contribution in [0.5, 0.6) is 0 Å². The first-order valence-electron chi connectivity index (χ1n) is 5.38. The van der Waals surface area contributed by atoms with Gasteiger partial charge in [0.15, 0.2) is 0 Å². The molecule has 1 aromatic carbocycles. The summed E-state index contributed by atoms with van der Waals surface area (Å²) in [5, 5.41) is 28.6. The SMILES string of the molecule is CC(C)(O)c1cn(-c2ccc(Cl)cc2[N+](=O)[O-])nn1. The predicted octanol–water partition coefficient (Wildman–Crippen LogP) is 2.06. The molecule has 0 unspecified atom stereocenters. The molecule has 1 heterocycles. The quantitative estimate of drug-likeness (QED) is 0.687. The van der Waals surface area contributed by atoms with E-state index in [9.17, 15) is 15.2 Å². The summed E-state index contributed by atoms with van der Waals surface area (Å²) in [6.07, 6.45) is 1.44. The van der Waals surface area contributed by atoms with E-state index < -0.39 is 10.5 Å². The average Bonchev–Trinajstić information content (AvgIpc) is 2.77. The van der Waals surface area contributed by atoms with Crippen molar-refractivity contribution in [3.8, 4) is 5.69 Å². The van der Waals surface area contributed by atoms with Crippen molar-refractivity contribution in [3.63, 3.8) is 0 Å². The first-order chi connectivity index (χ1) is 8.79. The first-order valence-corrected chi connectivity index (χ1v) is 5.76.